The molecule has 2 heteroatoms. The van der Waals surface area contributed by atoms with E-state index >= 15 is 0 Å². The van der Waals surface area contributed by atoms with Crippen LogP contribution in [-0.4, -0.2) is 5.11 Å². The van der Waals surface area contributed by atoms with Crippen LogP contribution >= 0.6 is 0 Å². The van der Waals surface area contributed by atoms with Gasteiger partial charge >= 0.3 is 0 Å². The van der Waals surface area contributed by atoms with Gasteiger partial charge in [-0.05, 0) is 97.0 Å². The Labute approximate surface area is 216 Å². The van der Waals surface area contributed by atoms with Crippen molar-refractivity contribution in [3.8, 4) is 6.07 Å². The van der Waals surface area contributed by atoms with Crippen LogP contribution in [0.3, 0.4) is 0 Å². The van der Waals surface area contributed by atoms with Crippen molar-refractivity contribution >= 4 is 0 Å². The number of fused-ring (bicyclic) bond motifs is 1. The van der Waals surface area contributed by atoms with Gasteiger partial charge in [0, 0.05) is 0 Å². The average Bonchev–Trinajstić information content (AvgIpc) is 3.23. The van der Waals surface area contributed by atoms with Crippen molar-refractivity contribution in [3.63, 3.8) is 0 Å². The zero-order valence-corrected chi connectivity index (χ0v) is 23.7. The summed E-state index contributed by atoms with van der Waals surface area (Å²) in [6.07, 6.45) is 15.0. The third-order valence-electron chi connectivity index (χ3n) is 11.1. The highest BCUT2D eigenvalue weighted by molar-refractivity contribution is 5.38. The van der Waals surface area contributed by atoms with E-state index < -0.39 is 6.10 Å². The first-order chi connectivity index (χ1) is 16.8. The van der Waals surface area contributed by atoms with Gasteiger partial charge in [-0.25, -0.2) is 0 Å². The first-order valence-electron chi connectivity index (χ1n) is 14.9. The molecule has 0 radical (unpaired) electrons. The lowest BCUT2D eigenvalue weighted by Gasteiger charge is -2.54. The number of benzene rings is 1. The molecule has 8 atom stereocenters. The molecule has 0 bridgehead atoms. The molecule has 2 fully saturated rings. The summed E-state index contributed by atoms with van der Waals surface area (Å²) in [5, 5.41) is 20.3. The summed E-state index contributed by atoms with van der Waals surface area (Å²) < 4.78 is 0. The molecule has 0 spiro atoms. The van der Waals surface area contributed by atoms with E-state index in [1.807, 2.05) is 24.3 Å². The minimum Gasteiger partial charge on any atom is -0.388 e. The van der Waals surface area contributed by atoms with Gasteiger partial charge in [-0.2, -0.15) is 5.26 Å². The first-order valence-corrected chi connectivity index (χ1v) is 14.9. The highest BCUT2D eigenvalue weighted by atomic mass is 16.3. The molecular formula is C33H53NO. The average molecular weight is 480 g/mol. The van der Waals surface area contributed by atoms with Crippen molar-refractivity contribution in [2.45, 2.75) is 125 Å². The SMILES string of the molecule is CCCCC[C@@](C)(CC)[C@H]1CC[C@]2(C)[C@@H]([C@H](C)CCC(O)c3ccccc3C#N)CC[C@H]2[C@@H]1CC. The third-order valence-corrected chi connectivity index (χ3v) is 11.1. The number of aliphatic hydroxyl groups excluding tert-OH is 1. The van der Waals surface area contributed by atoms with Gasteiger partial charge in [0.15, 0.2) is 0 Å². The minimum absolute atomic E-state index is 0.449. The first kappa shape index (κ1) is 28.2. The maximum absolute atomic E-state index is 10.9. The van der Waals surface area contributed by atoms with Crippen LogP contribution in [0.2, 0.25) is 0 Å². The zero-order valence-electron chi connectivity index (χ0n) is 23.7. The molecule has 1 N–H and O–H groups in total. The van der Waals surface area contributed by atoms with Crippen LogP contribution in [0.5, 0.6) is 0 Å². The van der Waals surface area contributed by atoms with Gasteiger partial charge in [0.05, 0.1) is 17.7 Å². The van der Waals surface area contributed by atoms with Crippen molar-refractivity contribution in [2.24, 2.45) is 40.4 Å². The van der Waals surface area contributed by atoms with Crippen molar-refractivity contribution in [3.05, 3.63) is 35.4 Å². The maximum atomic E-state index is 10.9. The predicted octanol–water partition coefficient (Wildman–Crippen LogP) is 9.47. The van der Waals surface area contributed by atoms with Crippen LogP contribution in [0.4, 0.5) is 0 Å². The Bertz CT molecular complexity index is 842. The number of nitrogens with zero attached hydrogens (tertiary/aromatic N) is 1. The highest BCUT2D eigenvalue weighted by Gasteiger charge is 2.56. The van der Waals surface area contributed by atoms with Crippen molar-refractivity contribution in [2.75, 3.05) is 0 Å². The number of hydrogen-bond acceptors (Lipinski definition) is 2. The van der Waals surface area contributed by atoms with Crippen LogP contribution < -0.4 is 0 Å². The lowest BCUT2D eigenvalue weighted by molar-refractivity contribution is -0.0551. The molecule has 1 unspecified atom stereocenters. The molecule has 0 saturated heterocycles. The second-order valence-electron chi connectivity index (χ2n) is 12.7. The maximum Gasteiger partial charge on any atom is 0.0995 e. The van der Waals surface area contributed by atoms with E-state index in [0.717, 1.165) is 42.1 Å². The Hall–Kier alpha value is -1.33. The van der Waals surface area contributed by atoms with E-state index in [2.05, 4.69) is 47.6 Å². The number of hydrogen-bond donors (Lipinski definition) is 1. The number of rotatable bonds is 12. The molecule has 0 amide bonds. The van der Waals surface area contributed by atoms with Crippen LogP contribution in [0.1, 0.15) is 136 Å². The summed E-state index contributed by atoms with van der Waals surface area (Å²) >= 11 is 0. The van der Waals surface area contributed by atoms with Crippen LogP contribution in [0, 0.1) is 51.8 Å². The monoisotopic (exact) mass is 479 g/mol. The quantitative estimate of drug-likeness (QED) is 0.303. The van der Waals surface area contributed by atoms with Gasteiger partial charge in [0.2, 0.25) is 0 Å². The molecule has 3 rings (SSSR count). The van der Waals surface area contributed by atoms with Crippen molar-refractivity contribution in [1.82, 2.24) is 0 Å². The molecule has 1 aromatic carbocycles. The van der Waals surface area contributed by atoms with Gasteiger partial charge in [0.25, 0.3) is 0 Å². The Morgan fingerprint density at radius 3 is 2.51 bits per heavy atom. The number of unbranched alkanes of at least 4 members (excludes halogenated alkanes) is 2. The largest absolute Gasteiger partial charge is 0.388 e. The Kier molecular flexibility index (Phi) is 9.90. The molecule has 0 aromatic heterocycles. The summed E-state index contributed by atoms with van der Waals surface area (Å²) in [5.74, 6) is 3.98. The van der Waals surface area contributed by atoms with Crippen LogP contribution in [0.15, 0.2) is 24.3 Å². The van der Waals surface area contributed by atoms with Gasteiger partial charge in [-0.15, -0.1) is 0 Å². The Morgan fingerprint density at radius 2 is 1.86 bits per heavy atom. The number of aliphatic hydroxyl groups is 1. The molecular weight excluding hydrogens is 426 g/mol. The highest BCUT2D eigenvalue weighted by Crippen LogP contribution is 2.64. The fraction of sp³-hybridized carbons (Fsp3) is 0.788. The van der Waals surface area contributed by atoms with Gasteiger partial charge < -0.3 is 5.11 Å². The molecule has 0 heterocycles. The van der Waals surface area contributed by atoms with E-state index in [-0.39, 0.29) is 0 Å². The van der Waals surface area contributed by atoms with E-state index in [9.17, 15) is 10.4 Å². The molecule has 2 aliphatic carbocycles. The lowest BCUT2D eigenvalue weighted by atomic mass is 9.50. The topological polar surface area (TPSA) is 44.0 Å². The molecule has 2 saturated carbocycles. The standard InChI is InChI=1S/C33H53NO/c1-7-10-13-21-32(5,9-3)29-20-22-33(6)28(17-18-30(33)26(29)8-2)24(4)16-19-31(35)27-15-12-11-14-25(27)23-34/h11-12,14-15,24,26,28-31,35H,7-10,13,16-22H2,1-6H3/t24-,26-,28-,29+,30+,31?,32-,33-/m1/s1. The molecule has 1 aromatic rings. The van der Waals surface area contributed by atoms with Gasteiger partial charge in [-0.3, -0.25) is 0 Å². The molecule has 2 nitrogen and oxygen atoms in total. The summed E-state index contributed by atoms with van der Waals surface area (Å²) in [4.78, 5) is 0. The molecule has 35 heavy (non-hydrogen) atoms. The lowest BCUT2D eigenvalue weighted by Crippen LogP contribution is -2.47. The minimum atomic E-state index is -0.536. The van der Waals surface area contributed by atoms with E-state index in [0.29, 0.717) is 22.3 Å². The van der Waals surface area contributed by atoms with Crippen molar-refractivity contribution < 1.29 is 5.11 Å². The summed E-state index contributed by atoms with van der Waals surface area (Å²) in [6, 6.07) is 9.80. The van der Waals surface area contributed by atoms with Crippen LogP contribution in [0.25, 0.3) is 0 Å². The van der Waals surface area contributed by atoms with E-state index in [1.165, 1.54) is 64.2 Å². The van der Waals surface area contributed by atoms with E-state index in [4.69, 9.17) is 0 Å². The smallest absolute Gasteiger partial charge is 0.0995 e. The third kappa shape index (κ3) is 5.82. The van der Waals surface area contributed by atoms with Crippen LogP contribution in [-0.2, 0) is 0 Å². The normalized spacial score (nSPS) is 31.8. The molecule has 2 aliphatic rings. The predicted molar refractivity (Wildman–Crippen MR) is 148 cm³/mol. The van der Waals surface area contributed by atoms with Gasteiger partial charge in [-0.1, -0.05) is 91.8 Å². The summed E-state index contributed by atoms with van der Waals surface area (Å²) in [5.41, 5.74) is 2.36. The summed E-state index contributed by atoms with van der Waals surface area (Å²) in [7, 11) is 0. The zero-order chi connectivity index (χ0) is 25.6. The fourth-order valence-electron chi connectivity index (χ4n) is 8.77. The van der Waals surface area contributed by atoms with Gasteiger partial charge in [0.1, 0.15) is 0 Å². The number of nitriles is 1. The summed E-state index contributed by atoms with van der Waals surface area (Å²) in [6.45, 7) is 14.9. The molecule has 196 valence electrons. The van der Waals surface area contributed by atoms with E-state index in [1.54, 1.807) is 0 Å². The fourth-order valence-corrected chi connectivity index (χ4v) is 8.77. The molecule has 0 aliphatic heterocycles. The Morgan fingerprint density at radius 1 is 1.11 bits per heavy atom. The second-order valence-corrected chi connectivity index (χ2v) is 12.7. The second kappa shape index (κ2) is 12.3. The van der Waals surface area contributed by atoms with Crippen molar-refractivity contribution in [1.29, 1.82) is 5.26 Å². The Balaban J connectivity index is 1.68.